The number of nitrogens with one attached hydrogen (secondary N) is 1. The first kappa shape index (κ1) is 18.4. The van der Waals surface area contributed by atoms with Crippen LogP contribution in [-0.2, 0) is 11.3 Å². The number of rotatable bonds is 6. The van der Waals surface area contributed by atoms with Crippen LogP contribution in [0, 0.1) is 5.92 Å². The van der Waals surface area contributed by atoms with Crippen molar-refractivity contribution in [2.75, 3.05) is 18.8 Å². The molecule has 2 heterocycles. The summed E-state index contributed by atoms with van der Waals surface area (Å²) in [6.45, 7) is 5.60. The molecule has 0 spiro atoms. The number of hydrogen-bond donors (Lipinski definition) is 1. The summed E-state index contributed by atoms with van der Waals surface area (Å²) in [6, 6.07) is 6.86. The molecule has 7 nitrogen and oxygen atoms in total. The summed E-state index contributed by atoms with van der Waals surface area (Å²) in [5.74, 6) is 0.240. The number of aromatic nitrogens is 2. The average Bonchev–Trinajstić information content (AvgIpc) is 3.05. The van der Waals surface area contributed by atoms with E-state index in [4.69, 9.17) is 0 Å². The van der Waals surface area contributed by atoms with Gasteiger partial charge in [0.15, 0.2) is 5.16 Å². The first-order valence-corrected chi connectivity index (χ1v) is 9.66. The number of amides is 3. The van der Waals surface area contributed by atoms with Crippen LogP contribution in [0.3, 0.4) is 0 Å². The average molecular weight is 374 g/mol. The second-order valence-corrected chi connectivity index (χ2v) is 7.56. The lowest BCUT2D eigenvalue weighted by Gasteiger charge is -2.15. The van der Waals surface area contributed by atoms with E-state index in [9.17, 15) is 14.4 Å². The van der Waals surface area contributed by atoms with Crippen molar-refractivity contribution in [1.29, 1.82) is 0 Å². The van der Waals surface area contributed by atoms with E-state index >= 15 is 0 Å². The number of para-hydroxylation sites is 1. The molecule has 0 atom stereocenters. The Morgan fingerprint density at radius 2 is 2.08 bits per heavy atom. The second-order valence-electron chi connectivity index (χ2n) is 6.62. The molecule has 8 heteroatoms. The summed E-state index contributed by atoms with van der Waals surface area (Å²) >= 11 is 1.21. The molecule has 1 fully saturated rings. The second kappa shape index (κ2) is 7.90. The zero-order valence-electron chi connectivity index (χ0n) is 14.9. The van der Waals surface area contributed by atoms with Crippen LogP contribution in [0.25, 0.3) is 10.9 Å². The third-order valence-electron chi connectivity index (χ3n) is 4.24. The van der Waals surface area contributed by atoms with Crippen LogP contribution in [-0.4, -0.2) is 45.2 Å². The van der Waals surface area contributed by atoms with Crippen molar-refractivity contribution < 1.29 is 9.59 Å². The minimum Gasteiger partial charge on any atom is -0.336 e. The molecule has 0 bridgehead atoms. The van der Waals surface area contributed by atoms with Crippen molar-refractivity contribution in [2.45, 2.75) is 32.0 Å². The summed E-state index contributed by atoms with van der Waals surface area (Å²) in [5.41, 5.74) is 0.525. The standard InChI is InChI=1S/C18H22N4O3S/c1-12(2)7-9-22-16(24)13-5-3-4-6-14(13)20-18(22)26-11-15(23)21-10-8-19-17(21)25/h3-6,12H,7-11H2,1-2H3,(H,19,25). The predicted octanol–water partition coefficient (Wildman–Crippen LogP) is 2.09. The van der Waals surface area contributed by atoms with Gasteiger partial charge in [0.25, 0.3) is 5.56 Å². The highest BCUT2D eigenvalue weighted by atomic mass is 32.2. The molecule has 0 radical (unpaired) electrons. The number of fused-ring (bicyclic) bond motifs is 1. The molecule has 3 amide bonds. The third kappa shape index (κ3) is 3.90. The molecule has 1 aromatic carbocycles. The van der Waals surface area contributed by atoms with E-state index in [-0.39, 0.29) is 23.3 Å². The van der Waals surface area contributed by atoms with Gasteiger partial charge in [-0.15, -0.1) is 0 Å². The maximum Gasteiger partial charge on any atom is 0.324 e. The topological polar surface area (TPSA) is 84.3 Å². The van der Waals surface area contributed by atoms with Crippen molar-refractivity contribution in [2.24, 2.45) is 5.92 Å². The lowest BCUT2D eigenvalue weighted by molar-refractivity contribution is -0.124. The summed E-state index contributed by atoms with van der Waals surface area (Å²) in [7, 11) is 0. The van der Waals surface area contributed by atoms with E-state index in [0.717, 1.165) is 6.42 Å². The quantitative estimate of drug-likeness (QED) is 0.618. The van der Waals surface area contributed by atoms with Gasteiger partial charge in [0, 0.05) is 19.6 Å². The van der Waals surface area contributed by atoms with Gasteiger partial charge < -0.3 is 5.32 Å². The van der Waals surface area contributed by atoms with Crippen LogP contribution in [0.5, 0.6) is 0 Å². The highest BCUT2D eigenvalue weighted by molar-refractivity contribution is 7.99. The van der Waals surface area contributed by atoms with E-state index in [1.807, 2.05) is 12.1 Å². The number of thioether (sulfide) groups is 1. The van der Waals surface area contributed by atoms with Crippen LogP contribution in [0.2, 0.25) is 0 Å². The number of urea groups is 1. The van der Waals surface area contributed by atoms with Gasteiger partial charge in [0.1, 0.15) is 0 Å². The molecular formula is C18H22N4O3S. The summed E-state index contributed by atoms with van der Waals surface area (Å²) in [4.78, 5) is 42.5. The molecule has 0 saturated carbocycles. The summed E-state index contributed by atoms with van der Waals surface area (Å²) < 4.78 is 1.64. The molecular weight excluding hydrogens is 352 g/mol. The van der Waals surface area contributed by atoms with Crippen LogP contribution in [0.15, 0.2) is 34.2 Å². The first-order valence-electron chi connectivity index (χ1n) is 8.68. The normalized spacial score (nSPS) is 14.3. The molecule has 1 aromatic heterocycles. The van der Waals surface area contributed by atoms with Gasteiger partial charge in [0.05, 0.1) is 16.7 Å². The molecule has 2 aromatic rings. The van der Waals surface area contributed by atoms with E-state index in [0.29, 0.717) is 41.6 Å². The Labute approximate surface area is 155 Å². The van der Waals surface area contributed by atoms with Gasteiger partial charge in [-0.25, -0.2) is 9.78 Å². The number of carbonyl (C=O) groups is 2. The third-order valence-corrected chi connectivity index (χ3v) is 5.20. The van der Waals surface area contributed by atoms with Crippen LogP contribution >= 0.6 is 11.8 Å². The number of imide groups is 1. The Morgan fingerprint density at radius 1 is 1.31 bits per heavy atom. The number of benzene rings is 1. The monoisotopic (exact) mass is 374 g/mol. The molecule has 26 heavy (non-hydrogen) atoms. The predicted molar refractivity (Wildman–Crippen MR) is 101 cm³/mol. The lowest BCUT2D eigenvalue weighted by Crippen LogP contribution is -2.35. The maximum atomic E-state index is 12.9. The Bertz CT molecular complexity index is 894. The van der Waals surface area contributed by atoms with E-state index < -0.39 is 0 Å². The fourth-order valence-corrected chi connectivity index (χ4v) is 3.66. The van der Waals surface area contributed by atoms with Crippen molar-refractivity contribution in [3.63, 3.8) is 0 Å². The Balaban J connectivity index is 1.87. The Morgan fingerprint density at radius 3 is 2.77 bits per heavy atom. The maximum absolute atomic E-state index is 12.9. The minimum atomic E-state index is -0.362. The van der Waals surface area contributed by atoms with Crippen molar-refractivity contribution >= 4 is 34.6 Å². The van der Waals surface area contributed by atoms with Gasteiger partial charge in [-0.1, -0.05) is 37.7 Å². The fraction of sp³-hybridized carbons (Fsp3) is 0.444. The highest BCUT2D eigenvalue weighted by Gasteiger charge is 2.26. The van der Waals surface area contributed by atoms with E-state index in [1.165, 1.54) is 16.7 Å². The van der Waals surface area contributed by atoms with Gasteiger partial charge in [-0.3, -0.25) is 19.1 Å². The molecule has 138 valence electrons. The van der Waals surface area contributed by atoms with Crippen LogP contribution < -0.4 is 10.9 Å². The van der Waals surface area contributed by atoms with Gasteiger partial charge in [-0.05, 0) is 24.5 Å². The van der Waals surface area contributed by atoms with Crippen molar-refractivity contribution in [3.05, 3.63) is 34.6 Å². The Kier molecular flexibility index (Phi) is 5.61. The molecule has 0 unspecified atom stereocenters. The van der Waals surface area contributed by atoms with Crippen LogP contribution in [0.1, 0.15) is 20.3 Å². The zero-order chi connectivity index (χ0) is 18.7. The van der Waals surface area contributed by atoms with Gasteiger partial charge in [0.2, 0.25) is 5.91 Å². The van der Waals surface area contributed by atoms with Gasteiger partial charge >= 0.3 is 6.03 Å². The fourth-order valence-electron chi connectivity index (χ4n) is 2.76. The molecule has 1 aliphatic rings. The molecule has 1 aliphatic heterocycles. The molecule has 3 rings (SSSR count). The minimum absolute atomic E-state index is 0.0693. The number of carbonyl (C=O) groups excluding carboxylic acids is 2. The van der Waals surface area contributed by atoms with Crippen molar-refractivity contribution in [3.8, 4) is 0 Å². The number of hydrogen-bond acceptors (Lipinski definition) is 5. The van der Waals surface area contributed by atoms with Crippen molar-refractivity contribution in [1.82, 2.24) is 19.8 Å². The van der Waals surface area contributed by atoms with E-state index in [1.54, 1.807) is 16.7 Å². The largest absolute Gasteiger partial charge is 0.336 e. The summed E-state index contributed by atoms with van der Waals surface area (Å²) in [5, 5.41) is 3.70. The smallest absolute Gasteiger partial charge is 0.324 e. The van der Waals surface area contributed by atoms with E-state index in [2.05, 4.69) is 24.1 Å². The molecule has 1 N–H and O–H groups in total. The zero-order valence-corrected chi connectivity index (χ0v) is 15.7. The molecule has 0 aliphatic carbocycles. The molecule has 1 saturated heterocycles. The van der Waals surface area contributed by atoms with Crippen LogP contribution in [0.4, 0.5) is 4.79 Å². The highest BCUT2D eigenvalue weighted by Crippen LogP contribution is 2.19. The van der Waals surface area contributed by atoms with Gasteiger partial charge in [-0.2, -0.15) is 0 Å². The Hall–Kier alpha value is -2.35. The first-order chi connectivity index (χ1) is 12.5. The SMILES string of the molecule is CC(C)CCn1c(SCC(=O)N2CCNC2=O)nc2ccccc2c1=O. The summed E-state index contributed by atoms with van der Waals surface area (Å²) in [6.07, 6.45) is 0.843. The number of nitrogens with zero attached hydrogens (tertiary/aromatic N) is 3. The lowest BCUT2D eigenvalue weighted by atomic mass is 10.1.